The first-order valence-corrected chi connectivity index (χ1v) is 7.21. The number of halogens is 17. The highest BCUT2D eigenvalue weighted by molar-refractivity contribution is 5.15. The van der Waals surface area contributed by atoms with Gasteiger partial charge in [-0.1, -0.05) is 6.08 Å². The Hall–Kier alpha value is -1.65. The second-order valence-corrected chi connectivity index (χ2v) is 5.81. The number of hydrogen-bond donors (Lipinski definition) is 0. The largest absolute Gasteiger partial charge is 0.492 e. The van der Waals surface area contributed by atoms with Gasteiger partial charge < -0.3 is 4.74 Å². The summed E-state index contributed by atoms with van der Waals surface area (Å²) in [7, 11) is 0. The lowest BCUT2D eigenvalue weighted by Crippen LogP contribution is -2.75. The minimum absolute atomic E-state index is 0.109. The van der Waals surface area contributed by atoms with Crippen LogP contribution >= 0.6 is 0 Å². The summed E-state index contributed by atoms with van der Waals surface area (Å²) in [6.45, 7) is 0.780. The summed E-state index contributed by atoms with van der Waals surface area (Å²) in [5.41, 5.74) is 0. The molecule has 0 aliphatic carbocycles. The molecule has 0 radical (unpaired) electrons. The van der Waals surface area contributed by atoms with E-state index in [2.05, 4.69) is 4.74 Å². The van der Waals surface area contributed by atoms with Gasteiger partial charge in [0.2, 0.25) is 0 Å². The molecule has 1 atom stereocenters. The average molecular weight is 504 g/mol. The van der Waals surface area contributed by atoms with Crippen molar-refractivity contribution in [2.24, 2.45) is 0 Å². The van der Waals surface area contributed by atoms with Gasteiger partial charge in [0.1, 0.15) is 0 Å². The van der Waals surface area contributed by atoms with Crippen molar-refractivity contribution in [3.8, 4) is 0 Å². The van der Waals surface area contributed by atoms with Crippen molar-refractivity contribution in [1.29, 1.82) is 0 Å². The fourth-order valence-corrected chi connectivity index (χ4v) is 1.71. The lowest BCUT2D eigenvalue weighted by Gasteiger charge is -2.43. The number of rotatable bonds is 9. The van der Waals surface area contributed by atoms with Crippen LogP contribution < -0.4 is 0 Å². The summed E-state index contributed by atoms with van der Waals surface area (Å²) in [4.78, 5) is 0. The molecule has 0 saturated heterocycles. The summed E-state index contributed by atoms with van der Waals surface area (Å²) >= 11 is 0. The predicted molar refractivity (Wildman–Crippen MR) is 66.0 cm³/mol. The van der Waals surface area contributed by atoms with Crippen molar-refractivity contribution in [2.75, 3.05) is 0 Å². The van der Waals surface area contributed by atoms with E-state index in [1.165, 1.54) is 0 Å². The van der Waals surface area contributed by atoms with E-state index in [0.29, 0.717) is 6.08 Å². The minimum Gasteiger partial charge on any atom is -0.492 e. The van der Waals surface area contributed by atoms with Gasteiger partial charge in [-0.25, -0.2) is 0 Å². The van der Waals surface area contributed by atoms with Crippen LogP contribution in [0, 0.1) is 0 Å². The van der Waals surface area contributed by atoms with Crippen LogP contribution in [0.3, 0.4) is 0 Å². The molecule has 1 unspecified atom stereocenters. The lowest BCUT2D eigenvalue weighted by molar-refractivity contribution is -0.463. The van der Waals surface area contributed by atoms with Gasteiger partial charge in [-0.3, -0.25) is 0 Å². The molecular formula is C13H9F17O. The van der Waals surface area contributed by atoms with E-state index >= 15 is 0 Å². The maximum atomic E-state index is 13.6. The second kappa shape index (κ2) is 7.74. The molecule has 0 saturated carbocycles. The van der Waals surface area contributed by atoms with E-state index < -0.39 is 53.7 Å². The number of alkyl halides is 17. The van der Waals surface area contributed by atoms with Crippen molar-refractivity contribution in [1.82, 2.24) is 0 Å². The van der Waals surface area contributed by atoms with Crippen molar-refractivity contribution in [2.45, 2.75) is 67.6 Å². The fraction of sp³-hybridized carbons (Fsp3) is 0.846. The number of hydrogen-bond acceptors (Lipinski definition) is 1. The Morgan fingerprint density at radius 1 is 0.516 bits per heavy atom. The van der Waals surface area contributed by atoms with Gasteiger partial charge in [0.15, 0.2) is 6.10 Å². The molecule has 0 aromatic heterocycles. The molecule has 0 aliphatic heterocycles. The molecule has 18 heteroatoms. The molecule has 0 amide bonds. The molecular weight excluding hydrogens is 495 g/mol. The zero-order chi connectivity index (χ0) is 25.7. The van der Waals surface area contributed by atoms with E-state index in [0.717, 1.165) is 6.92 Å². The minimum atomic E-state index is -8.63. The van der Waals surface area contributed by atoms with E-state index in [1.807, 2.05) is 0 Å². The molecule has 186 valence electrons. The third-order valence-corrected chi connectivity index (χ3v) is 3.68. The smallest absolute Gasteiger partial charge is 0.460 e. The molecule has 0 spiro atoms. The molecule has 0 aromatic rings. The van der Waals surface area contributed by atoms with Crippen LogP contribution in [0.25, 0.3) is 0 Å². The topological polar surface area (TPSA) is 9.23 Å². The summed E-state index contributed by atoms with van der Waals surface area (Å²) in [5, 5.41) is 0. The van der Waals surface area contributed by atoms with Gasteiger partial charge in [0, 0.05) is 0 Å². The quantitative estimate of drug-likeness (QED) is 0.245. The highest BCUT2D eigenvalue weighted by Gasteiger charge is 2.95. The van der Waals surface area contributed by atoms with Crippen molar-refractivity contribution in [3.63, 3.8) is 0 Å². The van der Waals surface area contributed by atoms with E-state index in [4.69, 9.17) is 0 Å². The molecule has 0 bridgehead atoms. The van der Waals surface area contributed by atoms with E-state index in [9.17, 15) is 74.6 Å². The average Bonchev–Trinajstić information content (AvgIpc) is 2.57. The molecule has 0 N–H and O–H groups in total. The molecule has 31 heavy (non-hydrogen) atoms. The van der Waals surface area contributed by atoms with Gasteiger partial charge in [0.05, 0.1) is 6.26 Å². The van der Waals surface area contributed by atoms with Crippen LogP contribution in [0.4, 0.5) is 74.6 Å². The van der Waals surface area contributed by atoms with Crippen LogP contribution in [-0.4, -0.2) is 53.7 Å². The molecule has 0 aliphatic rings. The third-order valence-electron chi connectivity index (χ3n) is 3.68. The van der Waals surface area contributed by atoms with Crippen molar-refractivity contribution >= 4 is 0 Å². The van der Waals surface area contributed by atoms with Crippen molar-refractivity contribution in [3.05, 3.63) is 12.3 Å². The third kappa shape index (κ3) is 3.87. The SMILES string of the molecule is CC=COC(C)C(F)(F)C(F)(F)C(F)(F)C(F)(F)C(F)(F)C(F)(F)C(F)(F)C(F)(F)F. The Kier molecular flexibility index (Phi) is 7.33. The van der Waals surface area contributed by atoms with E-state index in [-0.39, 0.29) is 13.2 Å². The first-order chi connectivity index (χ1) is 13.2. The first-order valence-electron chi connectivity index (χ1n) is 7.21. The Morgan fingerprint density at radius 2 is 0.806 bits per heavy atom. The number of ether oxygens (including phenoxy) is 1. The molecule has 0 rings (SSSR count). The highest BCUT2D eigenvalue weighted by Crippen LogP contribution is 2.64. The highest BCUT2D eigenvalue weighted by atomic mass is 19.4. The first kappa shape index (κ1) is 29.3. The van der Waals surface area contributed by atoms with Crippen molar-refractivity contribution < 1.29 is 79.4 Å². The maximum Gasteiger partial charge on any atom is 0.460 e. The van der Waals surface area contributed by atoms with Crippen LogP contribution in [0.5, 0.6) is 0 Å². The van der Waals surface area contributed by atoms with E-state index in [1.54, 1.807) is 0 Å². The fourth-order valence-electron chi connectivity index (χ4n) is 1.71. The molecule has 0 fully saturated rings. The zero-order valence-electron chi connectivity index (χ0n) is 14.6. The normalized spacial score (nSPS) is 17.3. The molecule has 1 nitrogen and oxygen atoms in total. The van der Waals surface area contributed by atoms with Gasteiger partial charge in [-0.2, -0.15) is 74.6 Å². The summed E-state index contributed by atoms with van der Waals surface area (Å²) in [6.07, 6.45) is -10.5. The van der Waals surface area contributed by atoms with Crippen LogP contribution in [0.1, 0.15) is 13.8 Å². The summed E-state index contributed by atoms with van der Waals surface area (Å²) in [5.74, 6) is -56.5. The van der Waals surface area contributed by atoms with Gasteiger partial charge in [-0.05, 0) is 13.8 Å². The van der Waals surface area contributed by atoms with Gasteiger partial charge >= 0.3 is 47.6 Å². The van der Waals surface area contributed by atoms with Crippen LogP contribution in [0.2, 0.25) is 0 Å². The zero-order valence-corrected chi connectivity index (χ0v) is 14.6. The lowest BCUT2D eigenvalue weighted by atomic mass is 9.88. The van der Waals surface area contributed by atoms with Crippen LogP contribution in [-0.2, 0) is 4.74 Å². The maximum absolute atomic E-state index is 13.6. The standard InChI is InChI=1S/C13H9F17O/c1-3-4-31-5(2)6(14,15)7(16,17)8(18,19)9(20,21)10(22,23)11(24,25)12(26,27)13(28,29)30/h3-5H,1-2H3. The monoisotopic (exact) mass is 504 g/mol. The van der Waals surface area contributed by atoms with Gasteiger partial charge in [0.25, 0.3) is 0 Å². The van der Waals surface area contributed by atoms with Crippen LogP contribution in [0.15, 0.2) is 12.3 Å². The molecule has 0 aromatic carbocycles. The Bertz CT molecular complexity index is 659. The second-order valence-electron chi connectivity index (χ2n) is 5.81. The summed E-state index contributed by atoms with van der Waals surface area (Å²) < 4.78 is 225. The Labute approximate surface area is 160 Å². The Morgan fingerprint density at radius 3 is 1.10 bits per heavy atom. The Balaban J connectivity index is 6.69. The van der Waals surface area contributed by atoms with Gasteiger partial charge in [-0.15, -0.1) is 0 Å². The number of allylic oxidation sites excluding steroid dienone is 1. The summed E-state index contributed by atoms with van der Waals surface area (Å²) in [6, 6.07) is 0. The predicted octanol–water partition coefficient (Wildman–Crippen LogP) is 6.93. The molecule has 0 heterocycles.